The molecule has 0 N–H and O–H groups in total. The zero-order chi connectivity index (χ0) is 16.0. The lowest BCUT2D eigenvalue weighted by Crippen LogP contribution is -2.29. The number of rotatable bonds is 7. The summed E-state index contributed by atoms with van der Waals surface area (Å²) < 4.78 is 26.7. The van der Waals surface area contributed by atoms with Crippen molar-refractivity contribution in [3.63, 3.8) is 0 Å². The molecular formula is C18H21O2PS. The van der Waals surface area contributed by atoms with Gasteiger partial charge in [-0.1, -0.05) is 73.7 Å². The van der Waals surface area contributed by atoms with Crippen LogP contribution in [0.15, 0.2) is 73.3 Å². The zero-order valence-corrected chi connectivity index (χ0v) is 14.4. The quantitative estimate of drug-likeness (QED) is 0.573. The lowest BCUT2D eigenvalue weighted by atomic mass is 10.4. The summed E-state index contributed by atoms with van der Waals surface area (Å²) in [5.41, 5.74) is 0. The van der Waals surface area contributed by atoms with Crippen LogP contribution >= 0.6 is 7.14 Å². The van der Waals surface area contributed by atoms with Gasteiger partial charge in [0.15, 0.2) is 7.14 Å². The van der Waals surface area contributed by atoms with Gasteiger partial charge in [-0.3, -0.25) is 4.21 Å². The third-order valence-electron chi connectivity index (χ3n) is 3.64. The van der Waals surface area contributed by atoms with Crippen LogP contribution in [0.4, 0.5) is 0 Å². The predicted octanol–water partition coefficient (Wildman–Crippen LogP) is 3.67. The summed E-state index contributed by atoms with van der Waals surface area (Å²) in [6.45, 7) is 5.63. The molecule has 0 bridgehead atoms. The molecule has 2 unspecified atom stereocenters. The third-order valence-corrected chi connectivity index (χ3v) is 9.76. The third kappa shape index (κ3) is 3.31. The minimum atomic E-state index is -2.99. The monoisotopic (exact) mass is 332 g/mol. The fraction of sp³-hybridized carbons (Fsp3) is 0.222. The maximum absolute atomic E-state index is 14.1. The number of benzene rings is 2. The van der Waals surface area contributed by atoms with Gasteiger partial charge in [-0.05, 0) is 6.42 Å². The highest BCUT2D eigenvalue weighted by Crippen LogP contribution is 2.51. The summed E-state index contributed by atoms with van der Waals surface area (Å²) in [5.74, 6) is 0.488. The lowest BCUT2D eigenvalue weighted by Gasteiger charge is -2.27. The van der Waals surface area contributed by atoms with E-state index in [4.69, 9.17) is 0 Å². The van der Waals surface area contributed by atoms with Crippen LogP contribution in [-0.4, -0.2) is 15.0 Å². The van der Waals surface area contributed by atoms with Crippen LogP contribution < -0.4 is 10.6 Å². The fourth-order valence-corrected chi connectivity index (χ4v) is 8.41. The van der Waals surface area contributed by atoms with Crippen molar-refractivity contribution < 1.29 is 8.77 Å². The van der Waals surface area contributed by atoms with Gasteiger partial charge in [0.2, 0.25) is 0 Å². The summed E-state index contributed by atoms with van der Waals surface area (Å²) in [4.78, 5) is -0.431. The normalized spacial score (nSPS) is 14.2. The standard InChI is InChI=1S/C18H21O2PS/c1-3-11-18(22(20)4-2)21(19,16-12-7-5-8-13-16)17-14-9-6-10-15-17/h3,5-10,12-15,18H,1,4,11H2,2H3. The van der Waals surface area contributed by atoms with Crippen LogP contribution in [0, 0.1) is 0 Å². The molecule has 0 fully saturated rings. The molecule has 22 heavy (non-hydrogen) atoms. The highest BCUT2D eigenvalue weighted by Gasteiger charge is 2.39. The van der Waals surface area contributed by atoms with Crippen molar-refractivity contribution in [2.24, 2.45) is 0 Å². The maximum Gasteiger partial charge on any atom is 0.158 e. The average Bonchev–Trinajstić information content (AvgIpc) is 2.60. The molecule has 2 rings (SSSR count). The molecule has 0 aliphatic rings. The molecule has 0 amide bonds. The van der Waals surface area contributed by atoms with Gasteiger partial charge < -0.3 is 4.57 Å². The van der Waals surface area contributed by atoms with Gasteiger partial charge in [0.05, 0.1) is 4.99 Å². The van der Waals surface area contributed by atoms with E-state index in [0.29, 0.717) is 12.2 Å². The van der Waals surface area contributed by atoms with Crippen LogP contribution in [-0.2, 0) is 15.4 Å². The summed E-state index contributed by atoms with van der Waals surface area (Å²) in [7, 11) is -4.16. The Morgan fingerprint density at radius 2 is 1.50 bits per heavy atom. The van der Waals surface area contributed by atoms with Crippen molar-refractivity contribution in [1.82, 2.24) is 0 Å². The van der Waals surface area contributed by atoms with E-state index in [1.54, 1.807) is 6.08 Å². The smallest absolute Gasteiger partial charge is 0.158 e. The fourth-order valence-electron chi connectivity index (χ4n) is 2.54. The molecule has 0 saturated heterocycles. The van der Waals surface area contributed by atoms with Gasteiger partial charge >= 0.3 is 0 Å². The number of hydrogen-bond donors (Lipinski definition) is 0. The first-order chi connectivity index (χ1) is 10.6. The van der Waals surface area contributed by atoms with E-state index in [9.17, 15) is 8.77 Å². The molecule has 0 aliphatic carbocycles. The second-order valence-corrected chi connectivity index (χ2v) is 10.2. The van der Waals surface area contributed by atoms with Crippen molar-refractivity contribution in [1.29, 1.82) is 0 Å². The summed E-state index contributed by atoms with van der Waals surface area (Å²) in [6, 6.07) is 18.8. The molecule has 2 aromatic rings. The Kier molecular flexibility index (Phi) is 5.93. The van der Waals surface area contributed by atoms with Gasteiger partial charge in [-0.15, -0.1) is 6.58 Å². The average molecular weight is 332 g/mol. The number of hydrogen-bond acceptors (Lipinski definition) is 2. The Morgan fingerprint density at radius 3 is 1.86 bits per heavy atom. The van der Waals surface area contributed by atoms with E-state index < -0.39 is 22.9 Å². The molecule has 2 atom stereocenters. The van der Waals surface area contributed by atoms with Gasteiger partial charge in [-0.25, -0.2) is 0 Å². The minimum absolute atomic E-state index is 0.431. The molecule has 0 radical (unpaired) electrons. The molecule has 2 nitrogen and oxygen atoms in total. The Hall–Kier alpha value is -1.44. The zero-order valence-electron chi connectivity index (χ0n) is 12.7. The molecule has 0 spiro atoms. The van der Waals surface area contributed by atoms with E-state index in [1.165, 1.54) is 0 Å². The molecule has 4 heteroatoms. The highest BCUT2D eigenvalue weighted by atomic mass is 32.2. The molecule has 116 valence electrons. The lowest BCUT2D eigenvalue weighted by molar-refractivity contribution is 0.584. The predicted molar refractivity (Wildman–Crippen MR) is 97.0 cm³/mol. The van der Waals surface area contributed by atoms with E-state index >= 15 is 0 Å². The number of allylic oxidation sites excluding steroid dienone is 1. The molecule has 2 aromatic carbocycles. The van der Waals surface area contributed by atoms with Crippen LogP contribution in [0.5, 0.6) is 0 Å². The van der Waals surface area contributed by atoms with Crippen LogP contribution in [0.2, 0.25) is 0 Å². The first-order valence-electron chi connectivity index (χ1n) is 7.33. The van der Waals surface area contributed by atoms with E-state index in [0.717, 1.165) is 10.6 Å². The Bertz CT molecular complexity index is 639. The van der Waals surface area contributed by atoms with Gasteiger partial charge in [0.25, 0.3) is 0 Å². The summed E-state index contributed by atoms with van der Waals surface area (Å²) >= 11 is 0. The molecule has 0 aliphatic heterocycles. The van der Waals surface area contributed by atoms with Crippen LogP contribution in [0.25, 0.3) is 0 Å². The Morgan fingerprint density at radius 1 is 1.05 bits per heavy atom. The van der Waals surface area contributed by atoms with Gasteiger partial charge in [-0.2, -0.15) is 0 Å². The first kappa shape index (κ1) is 16.9. The van der Waals surface area contributed by atoms with Crippen molar-refractivity contribution in [3.8, 4) is 0 Å². The highest BCUT2D eigenvalue weighted by molar-refractivity contribution is 7.99. The van der Waals surface area contributed by atoms with Crippen molar-refractivity contribution in [2.45, 2.75) is 18.3 Å². The second kappa shape index (κ2) is 7.71. The molecule has 0 saturated carbocycles. The second-order valence-electron chi connectivity index (χ2n) is 4.98. The van der Waals surface area contributed by atoms with Crippen molar-refractivity contribution in [3.05, 3.63) is 73.3 Å². The summed E-state index contributed by atoms with van der Waals surface area (Å²) in [5, 5.41) is 1.52. The maximum atomic E-state index is 14.1. The van der Waals surface area contributed by atoms with Crippen molar-refractivity contribution in [2.75, 3.05) is 5.75 Å². The first-order valence-corrected chi connectivity index (χ1v) is 10.5. The molecular weight excluding hydrogens is 311 g/mol. The van der Waals surface area contributed by atoms with E-state index in [2.05, 4.69) is 6.58 Å². The Labute approximate surface area is 135 Å². The largest absolute Gasteiger partial charge is 0.312 e. The van der Waals surface area contributed by atoms with Crippen LogP contribution in [0.3, 0.4) is 0 Å². The van der Waals surface area contributed by atoms with Crippen LogP contribution in [0.1, 0.15) is 13.3 Å². The SMILES string of the molecule is C=CCC(S(=O)CC)P(=O)(c1ccccc1)c1ccccc1. The summed E-state index contributed by atoms with van der Waals surface area (Å²) in [6.07, 6.45) is 2.19. The van der Waals surface area contributed by atoms with Gasteiger partial charge in [0.1, 0.15) is 0 Å². The van der Waals surface area contributed by atoms with E-state index in [1.807, 2.05) is 67.6 Å². The molecule has 0 aromatic heterocycles. The Balaban J connectivity index is 2.67. The van der Waals surface area contributed by atoms with E-state index in [-0.39, 0.29) is 0 Å². The molecule has 0 heterocycles. The van der Waals surface area contributed by atoms with Crippen molar-refractivity contribution >= 4 is 28.6 Å². The van der Waals surface area contributed by atoms with Gasteiger partial charge in [0, 0.05) is 27.2 Å². The minimum Gasteiger partial charge on any atom is -0.312 e. The topological polar surface area (TPSA) is 34.1 Å².